The van der Waals surface area contributed by atoms with Crippen LogP contribution in [0.25, 0.3) is 10.9 Å². The molecule has 0 aliphatic rings. The molecule has 4 nitrogen and oxygen atoms in total. The van der Waals surface area contributed by atoms with E-state index in [-0.39, 0.29) is 12.5 Å². The number of nitrogens with zero attached hydrogens (tertiary/aromatic N) is 1. The van der Waals surface area contributed by atoms with Crippen molar-refractivity contribution in [2.75, 3.05) is 6.61 Å². The minimum Gasteiger partial charge on any atom is -0.478 e. The average Bonchev–Trinajstić information content (AvgIpc) is 2.63. The summed E-state index contributed by atoms with van der Waals surface area (Å²) in [5, 5.41) is 19.5. The topological polar surface area (TPSA) is 62.5 Å². The summed E-state index contributed by atoms with van der Waals surface area (Å²) in [6.07, 6.45) is 0. The van der Waals surface area contributed by atoms with Crippen LogP contribution in [0.1, 0.15) is 46.9 Å². The van der Waals surface area contributed by atoms with Crippen molar-refractivity contribution >= 4 is 16.9 Å². The van der Waals surface area contributed by atoms with Gasteiger partial charge in [-0.25, -0.2) is 4.79 Å². The Hall–Kier alpha value is -1.81. The Morgan fingerprint density at radius 2 is 1.95 bits per heavy atom. The number of carboxylic acid groups (broad SMARTS) is 1. The fraction of sp³-hybridized carbons (Fsp3) is 0.438. The summed E-state index contributed by atoms with van der Waals surface area (Å²) < 4.78 is 2.09. The quantitative estimate of drug-likeness (QED) is 0.901. The third-order valence-electron chi connectivity index (χ3n) is 3.95. The maximum atomic E-state index is 11.3. The maximum absolute atomic E-state index is 11.3. The van der Waals surface area contributed by atoms with Crippen LogP contribution in [-0.4, -0.2) is 27.4 Å². The molecule has 108 valence electrons. The second-order valence-corrected chi connectivity index (χ2v) is 5.51. The molecule has 0 radical (unpaired) electrons. The van der Waals surface area contributed by atoms with Crippen molar-refractivity contribution < 1.29 is 15.0 Å². The summed E-state index contributed by atoms with van der Waals surface area (Å²) in [6.45, 7) is 8.73. The van der Waals surface area contributed by atoms with Gasteiger partial charge in [0, 0.05) is 17.6 Å². The number of rotatable bonds is 4. The molecular formula is C16H21NO3. The van der Waals surface area contributed by atoms with Crippen LogP contribution in [0.3, 0.4) is 0 Å². The van der Waals surface area contributed by atoms with E-state index in [1.54, 1.807) is 12.1 Å². The van der Waals surface area contributed by atoms with Gasteiger partial charge in [0.15, 0.2) is 0 Å². The SMILES string of the molecule is Cc1c(C)n(CCO)c2c(C(C)C)cc(C(=O)O)cc12. The fourth-order valence-electron chi connectivity index (χ4n) is 2.75. The number of benzene rings is 1. The molecule has 2 N–H and O–H groups in total. The molecule has 0 saturated heterocycles. The normalized spacial score (nSPS) is 11.5. The lowest BCUT2D eigenvalue weighted by atomic mass is 9.96. The third-order valence-corrected chi connectivity index (χ3v) is 3.95. The van der Waals surface area contributed by atoms with Crippen molar-refractivity contribution in [2.45, 2.75) is 40.2 Å². The van der Waals surface area contributed by atoms with Crippen molar-refractivity contribution in [3.63, 3.8) is 0 Å². The Morgan fingerprint density at radius 3 is 2.45 bits per heavy atom. The average molecular weight is 275 g/mol. The highest BCUT2D eigenvalue weighted by Crippen LogP contribution is 2.33. The number of aliphatic hydroxyl groups is 1. The minimum absolute atomic E-state index is 0.0717. The standard InChI is InChI=1S/C16H21NO3/c1-9(2)13-7-12(16(19)20)8-14-10(3)11(4)17(5-6-18)15(13)14/h7-9,18H,5-6H2,1-4H3,(H,19,20). The summed E-state index contributed by atoms with van der Waals surface area (Å²) in [7, 11) is 0. The molecule has 2 aromatic rings. The van der Waals surface area contributed by atoms with E-state index < -0.39 is 5.97 Å². The molecule has 4 heteroatoms. The molecule has 1 aromatic carbocycles. The van der Waals surface area contributed by atoms with E-state index in [9.17, 15) is 15.0 Å². The summed E-state index contributed by atoms with van der Waals surface area (Å²) in [6, 6.07) is 3.49. The molecule has 1 aromatic heterocycles. The minimum atomic E-state index is -0.902. The summed E-state index contributed by atoms with van der Waals surface area (Å²) >= 11 is 0. The van der Waals surface area contributed by atoms with E-state index in [4.69, 9.17) is 0 Å². The van der Waals surface area contributed by atoms with Crippen LogP contribution in [0.2, 0.25) is 0 Å². The molecule has 0 fully saturated rings. The maximum Gasteiger partial charge on any atom is 0.335 e. The Bertz CT molecular complexity index is 668. The first-order valence-electron chi connectivity index (χ1n) is 6.86. The number of carbonyl (C=O) groups is 1. The highest BCUT2D eigenvalue weighted by Gasteiger charge is 2.18. The van der Waals surface area contributed by atoms with Gasteiger partial charge < -0.3 is 14.8 Å². The van der Waals surface area contributed by atoms with Gasteiger partial charge >= 0.3 is 5.97 Å². The van der Waals surface area contributed by atoms with Gasteiger partial charge in [-0.1, -0.05) is 13.8 Å². The van der Waals surface area contributed by atoms with Gasteiger partial charge in [-0.2, -0.15) is 0 Å². The zero-order chi connectivity index (χ0) is 15.0. The van der Waals surface area contributed by atoms with Gasteiger partial charge in [0.05, 0.1) is 17.7 Å². The number of aromatic carboxylic acids is 1. The van der Waals surface area contributed by atoms with Crippen LogP contribution in [-0.2, 0) is 6.54 Å². The number of fused-ring (bicyclic) bond motifs is 1. The lowest BCUT2D eigenvalue weighted by molar-refractivity contribution is 0.0697. The molecule has 0 bridgehead atoms. The fourth-order valence-corrected chi connectivity index (χ4v) is 2.75. The van der Waals surface area contributed by atoms with Crippen molar-refractivity contribution in [1.29, 1.82) is 0 Å². The second-order valence-electron chi connectivity index (χ2n) is 5.51. The Kier molecular flexibility index (Phi) is 3.86. The first kappa shape index (κ1) is 14.6. The van der Waals surface area contributed by atoms with Gasteiger partial charge in [-0.15, -0.1) is 0 Å². The number of carboxylic acids is 1. The van der Waals surface area contributed by atoms with Crippen LogP contribution in [0.4, 0.5) is 0 Å². The monoisotopic (exact) mass is 275 g/mol. The predicted octanol–water partition coefficient (Wildman–Crippen LogP) is 3.07. The predicted molar refractivity (Wildman–Crippen MR) is 79.5 cm³/mol. The summed E-state index contributed by atoms with van der Waals surface area (Å²) in [5.41, 5.74) is 4.56. The molecule has 1 heterocycles. The van der Waals surface area contributed by atoms with Gasteiger partial charge in [-0.05, 0) is 43.0 Å². The molecule has 0 saturated carbocycles. The van der Waals surface area contributed by atoms with E-state index in [1.807, 2.05) is 13.8 Å². The van der Waals surface area contributed by atoms with E-state index >= 15 is 0 Å². The zero-order valence-electron chi connectivity index (χ0n) is 12.4. The molecule has 0 amide bonds. The van der Waals surface area contributed by atoms with E-state index in [0.29, 0.717) is 12.1 Å². The molecular weight excluding hydrogens is 254 g/mol. The van der Waals surface area contributed by atoms with Crippen molar-refractivity contribution in [2.24, 2.45) is 0 Å². The molecule has 0 aliphatic heterocycles. The van der Waals surface area contributed by atoms with Gasteiger partial charge in [0.25, 0.3) is 0 Å². The number of aromatic nitrogens is 1. The third kappa shape index (κ3) is 2.20. The number of aryl methyl sites for hydroxylation is 1. The largest absolute Gasteiger partial charge is 0.478 e. The van der Waals surface area contributed by atoms with Crippen molar-refractivity contribution in [3.05, 3.63) is 34.5 Å². The Balaban J connectivity index is 2.90. The molecule has 0 atom stereocenters. The lowest BCUT2D eigenvalue weighted by Crippen LogP contribution is -2.07. The summed E-state index contributed by atoms with van der Waals surface area (Å²) in [4.78, 5) is 11.3. The zero-order valence-corrected chi connectivity index (χ0v) is 12.4. The van der Waals surface area contributed by atoms with Crippen LogP contribution >= 0.6 is 0 Å². The summed E-state index contributed by atoms with van der Waals surface area (Å²) in [5.74, 6) is -0.677. The first-order valence-corrected chi connectivity index (χ1v) is 6.86. The van der Waals surface area contributed by atoms with Crippen LogP contribution in [0, 0.1) is 13.8 Å². The van der Waals surface area contributed by atoms with E-state index in [2.05, 4.69) is 18.4 Å². The Morgan fingerprint density at radius 1 is 1.30 bits per heavy atom. The first-order chi connectivity index (χ1) is 9.38. The second kappa shape index (κ2) is 5.29. The van der Waals surface area contributed by atoms with Crippen LogP contribution in [0.15, 0.2) is 12.1 Å². The molecule has 0 aliphatic carbocycles. The smallest absolute Gasteiger partial charge is 0.335 e. The highest BCUT2D eigenvalue weighted by atomic mass is 16.4. The van der Waals surface area contributed by atoms with Gasteiger partial charge in [0.2, 0.25) is 0 Å². The van der Waals surface area contributed by atoms with Gasteiger partial charge in [-0.3, -0.25) is 0 Å². The molecule has 0 unspecified atom stereocenters. The molecule has 0 spiro atoms. The van der Waals surface area contributed by atoms with Crippen molar-refractivity contribution in [3.8, 4) is 0 Å². The molecule has 2 rings (SSSR count). The number of hydrogen-bond acceptors (Lipinski definition) is 2. The Labute approximate surface area is 118 Å². The van der Waals surface area contributed by atoms with Crippen molar-refractivity contribution in [1.82, 2.24) is 4.57 Å². The number of aliphatic hydroxyl groups excluding tert-OH is 1. The number of hydrogen-bond donors (Lipinski definition) is 2. The van der Waals surface area contributed by atoms with E-state index in [1.165, 1.54) is 0 Å². The van der Waals surface area contributed by atoms with Crippen LogP contribution < -0.4 is 0 Å². The van der Waals surface area contributed by atoms with Crippen LogP contribution in [0.5, 0.6) is 0 Å². The lowest BCUT2D eigenvalue weighted by Gasteiger charge is -2.14. The van der Waals surface area contributed by atoms with Gasteiger partial charge in [0.1, 0.15) is 0 Å². The van der Waals surface area contributed by atoms with E-state index in [0.717, 1.165) is 27.7 Å². The highest BCUT2D eigenvalue weighted by molar-refractivity contribution is 5.97. The molecule has 20 heavy (non-hydrogen) atoms.